The van der Waals surface area contributed by atoms with Crippen LogP contribution in [0.15, 0.2) is 24.3 Å². The molecular weight excluding hydrogens is 344 g/mol. The zero-order chi connectivity index (χ0) is 18.0. The molecule has 1 N–H and O–H groups in total. The van der Waals surface area contributed by atoms with Crippen LogP contribution in [-0.2, 0) is 9.53 Å². The minimum atomic E-state index is -0.815. The van der Waals surface area contributed by atoms with E-state index < -0.39 is 18.2 Å². The molecule has 1 aliphatic heterocycles. The highest BCUT2D eigenvalue weighted by Crippen LogP contribution is 2.34. The van der Waals surface area contributed by atoms with Crippen LogP contribution in [0.3, 0.4) is 0 Å². The number of carbonyl (C=O) groups excluding carboxylic acids is 2. The topological polar surface area (TPSA) is 86.8 Å². The molecule has 1 aliphatic rings. The number of hydrogen-bond donors (Lipinski definition) is 1. The fourth-order valence-corrected chi connectivity index (χ4v) is 3.28. The molecule has 2 atom stereocenters. The zero-order valence-corrected chi connectivity index (χ0v) is 14.9. The van der Waals surface area contributed by atoms with Crippen LogP contribution in [0.5, 0.6) is 11.5 Å². The number of fused-ring (bicyclic) bond motifs is 1. The van der Waals surface area contributed by atoms with Crippen molar-refractivity contribution in [2.45, 2.75) is 33.0 Å². The lowest BCUT2D eigenvalue weighted by Crippen LogP contribution is -2.46. The van der Waals surface area contributed by atoms with Gasteiger partial charge in [0.05, 0.1) is 12.3 Å². The standard InChI is InChI=1S/C17H18N2O5S/c1-4-22-16(21)14-9(2)18-17(25-14)19-15(20)13-10(3)23-11-7-5-6-8-12(11)24-13/h5-8,10,13H,4H2,1-3H3,(H,18,19,20)/t10-,13+/m1/s1. The van der Waals surface area contributed by atoms with Gasteiger partial charge in [-0.3, -0.25) is 10.1 Å². The molecule has 2 aromatic rings. The Morgan fingerprint density at radius 3 is 2.64 bits per heavy atom. The van der Waals surface area contributed by atoms with E-state index in [1.165, 1.54) is 0 Å². The first kappa shape index (κ1) is 17.2. The van der Waals surface area contributed by atoms with Crippen molar-refractivity contribution in [3.05, 3.63) is 34.8 Å². The first-order valence-corrected chi connectivity index (χ1v) is 8.69. The molecule has 0 fully saturated rings. The number of anilines is 1. The Labute approximate surface area is 148 Å². The highest BCUT2D eigenvalue weighted by Gasteiger charge is 2.34. The fraction of sp³-hybridized carbons (Fsp3) is 0.353. The Hall–Kier alpha value is -2.61. The van der Waals surface area contributed by atoms with Gasteiger partial charge in [0, 0.05) is 0 Å². The summed E-state index contributed by atoms with van der Waals surface area (Å²) in [6.07, 6.45) is -1.27. The van der Waals surface area contributed by atoms with Crippen molar-refractivity contribution in [3.63, 3.8) is 0 Å². The van der Waals surface area contributed by atoms with Gasteiger partial charge in [-0.1, -0.05) is 23.5 Å². The maximum absolute atomic E-state index is 12.5. The third kappa shape index (κ3) is 3.58. The monoisotopic (exact) mass is 362 g/mol. The van der Waals surface area contributed by atoms with Gasteiger partial charge in [0.2, 0.25) is 6.10 Å². The van der Waals surface area contributed by atoms with Crippen molar-refractivity contribution in [2.24, 2.45) is 0 Å². The van der Waals surface area contributed by atoms with Crippen LogP contribution in [0.2, 0.25) is 0 Å². The minimum Gasteiger partial charge on any atom is -0.482 e. The van der Waals surface area contributed by atoms with Crippen molar-refractivity contribution < 1.29 is 23.8 Å². The van der Waals surface area contributed by atoms with Crippen molar-refractivity contribution >= 4 is 28.3 Å². The maximum atomic E-state index is 12.5. The predicted octanol–water partition coefficient (Wildman–Crippen LogP) is 2.80. The van der Waals surface area contributed by atoms with Gasteiger partial charge >= 0.3 is 5.97 Å². The average molecular weight is 362 g/mol. The number of aromatic nitrogens is 1. The number of esters is 1. The third-order valence-corrected chi connectivity index (χ3v) is 4.64. The van der Waals surface area contributed by atoms with Crippen LogP contribution < -0.4 is 14.8 Å². The summed E-state index contributed by atoms with van der Waals surface area (Å²) in [5.41, 5.74) is 0.512. The number of benzene rings is 1. The molecular formula is C17H18N2O5S. The molecule has 8 heteroatoms. The Balaban J connectivity index is 1.73. The summed E-state index contributed by atoms with van der Waals surface area (Å²) in [6.45, 7) is 5.47. The molecule has 1 aromatic heterocycles. The molecule has 1 amide bonds. The van der Waals surface area contributed by atoms with E-state index in [4.69, 9.17) is 14.2 Å². The van der Waals surface area contributed by atoms with Crippen molar-refractivity contribution in [1.82, 2.24) is 4.98 Å². The van der Waals surface area contributed by atoms with E-state index in [1.54, 1.807) is 32.9 Å². The van der Waals surface area contributed by atoms with E-state index in [9.17, 15) is 9.59 Å². The molecule has 0 aliphatic carbocycles. The molecule has 1 aromatic carbocycles. The Morgan fingerprint density at radius 1 is 1.28 bits per heavy atom. The summed E-state index contributed by atoms with van der Waals surface area (Å²) in [4.78, 5) is 29.0. The number of thiazole rings is 1. The molecule has 7 nitrogen and oxygen atoms in total. The normalized spacial score (nSPS) is 18.5. The summed E-state index contributed by atoms with van der Waals surface area (Å²) < 4.78 is 16.4. The third-order valence-electron chi connectivity index (χ3n) is 3.59. The zero-order valence-electron chi connectivity index (χ0n) is 14.1. The summed E-state index contributed by atoms with van der Waals surface area (Å²) in [7, 11) is 0. The van der Waals surface area contributed by atoms with E-state index in [0.29, 0.717) is 27.2 Å². The predicted molar refractivity (Wildman–Crippen MR) is 92.4 cm³/mol. The number of para-hydroxylation sites is 2. The van der Waals surface area contributed by atoms with E-state index in [0.717, 1.165) is 11.3 Å². The summed E-state index contributed by atoms with van der Waals surface area (Å²) >= 11 is 1.07. The number of hydrogen-bond acceptors (Lipinski definition) is 7. The lowest BCUT2D eigenvalue weighted by atomic mass is 10.1. The number of aryl methyl sites for hydroxylation is 1. The smallest absolute Gasteiger partial charge is 0.350 e. The quantitative estimate of drug-likeness (QED) is 0.842. The van der Waals surface area contributed by atoms with E-state index in [-0.39, 0.29) is 12.5 Å². The molecule has 0 bridgehead atoms. The van der Waals surface area contributed by atoms with Gasteiger partial charge in [-0.05, 0) is 32.9 Å². The Morgan fingerprint density at radius 2 is 1.96 bits per heavy atom. The van der Waals surface area contributed by atoms with Crippen molar-refractivity contribution in [2.75, 3.05) is 11.9 Å². The molecule has 0 unspecified atom stereocenters. The van der Waals surface area contributed by atoms with Gasteiger partial charge in [0.1, 0.15) is 11.0 Å². The van der Waals surface area contributed by atoms with Crippen molar-refractivity contribution in [3.8, 4) is 11.5 Å². The largest absolute Gasteiger partial charge is 0.482 e. The average Bonchev–Trinajstić information content (AvgIpc) is 2.94. The fourth-order valence-electron chi connectivity index (χ4n) is 2.42. The second-order valence-corrected chi connectivity index (χ2v) is 6.45. The van der Waals surface area contributed by atoms with Gasteiger partial charge in [0.15, 0.2) is 16.6 Å². The SMILES string of the molecule is CCOC(=O)c1sc(NC(=O)[C@H]2Oc3ccccc3O[C@@H]2C)nc1C. The first-order chi connectivity index (χ1) is 12.0. The van der Waals surface area contributed by atoms with Crippen LogP contribution in [-0.4, -0.2) is 35.7 Å². The van der Waals surface area contributed by atoms with E-state index >= 15 is 0 Å². The number of amides is 1. The molecule has 132 valence electrons. The molecule has 0 radical (unpaired) electrons. The van der Waals surface area contributed by atoms with E-state index in [2.05, 4.69) is 10.3 Å². The second kappa shape index (κ2) is 7.10. The summed E-state index contributed by atoms with van der Waals surface area (Å²) in [5, 5.41) is 3.01. The lowest BCUT2D eigenvalue weighted by molar-refractivity contribution is -0.128. The van der Waals surface area contributed by atoms with E-state index in [1.807, 2.05) is 12.1 Å². The highest BCUT2D eigenvalue weighted by atomic mass is 32.1. The highest BCUT2D eigenvalue weighted by molar-refractivity contribution is 7.17. The van der Waals surface area contributed by atoms with Crippen molar-refractivity contribution in [1.29, 1.82) is 0 Å². The Kier molecular flexibility index (Phi) is 4.89. The van der Waals surface area contributed by atoms with Crippen LogP contribution in [0.4, 0.5) is 5.13 Å². The first-order valence-electron chi connectivity index (χ1n) is 7.87. The van der Waals surface area contributed by atoms with Crippen LogP contribution in [0, 0.1) is 6.92 Å². The van der Waals surface area contributed by atoms with Gasteiger partial charge in [-0.2, -0.15) is 0 Å². The van der Waals surface area contributed by atoms with Gasteiger partial charge in [0.25, 0.3) is 5.91 Å². The van der Waals surface area contributed by atoms with Crippen LogP contribution >= 0.6 is 11.3 Å². The number of nitrogens with zero attached hydrogens (tertiary/aromatic N) is 1. The van der Waals surface area contributed by atoms with Gasteiger partial charge < -0.3 is 14.2 Å². The number of rotatable bonds is 4. The number of nitrogens with one attached hydrogen (secondary N) is 1. The molecule has 0 spiro atoms. The van der Waals surface area contributed by atoms with Crippen LogP contribution in [0.1, 0.15) is 29.2 Å². The maximum Gasteiger partial charge on any atom is 0.350 e. The second-order valence-electron chi connectivity index (χ2n) is 5.45. The van der Waals surface area contributed by atoms with Gasteiger partial charge in [-0.25, -0.2) is 9.78 Å². The van der Waals surface area contributed by atoms with Gasteiger partial charge in [-0.15, -0.1) is 0 Å². The summed E-state index contributed by atoms with van der Waals surface area (Å²) in [6, 6.07) is 7.18. The molecule has 3 rings (SSSR count). The number of ether oxygens (including phenoxy) is 3. The molecule has 2 heterocycles. The summed E-state index contributed by atoms with van der Waals surface area (Å²) in [5.74, 6) is 0.292. The Bertz CT molecular complexity index is 804. The molecule has 25 heavy (non-hydrogen) atoms. The van der Waals surface area contributed by atoms with Crippen LogP contribution in [0.25, 0.3) is 0 Å². The number of carbonyl (C=O) groups is 2. The molecule has 0 saturated carbocycles. The minimum absolute atomic E-state index is 0.280. The lowest BCUT2D eigenvalue weighted by Gasteiger charge is -2.30. The molecule has 0 saturated heterocycles.